The molecule has 1 aliphatic rings. The van der Waals surface area contributed by atoms with Gasteiger partial charge in [-0.2, -0.15) is 0 Å². The highest BCUT2D eigenvalue weighted by Crippen LogP contribution is 2.23. The summed E-state index contributed by atoms with van der Waals surface area (Å²) in [5.41, 5.74) is 1.45. The second kappa shape index (κ2) is 3.90. The molecule has 0 aliphatic carbocycles. The molecule has 1 aromatic carbocycles. The highest BCUT2D eigenvalue weighted by molar-refractivity contribution is 5.21. The Labute approximate surface area is 79.4 Å². The van der Waals surface area contributed by atoms with Crippen LogP contribution in [0.1, 0.15) is 17.9 Å². The number of benzene rings is 1. The van der Waals surface area contributed by atoms with Gasteiger partial charge in [0.15, 0.2) is 0 Å². The first kappa shape index (κ1) is 8.73. The predicted molar refractivity (Wildman–Crippen MR) is 54.7 cm³/mol. The Balaban J connectivity index is 2.04. The van der Waals surface area contributed by atoms with E-state index in [2.05, 4.69) is 41.0 Å². The van der Waals surface area contributed by atoms with E-state index in [-0.39, 0.29) is 0 Å². The molecule has 0 saturated carbocycles. The molecule has 0 radical (unpaired) electrons. The van der Waals surface area contributed by atoms with E-state index in [1.165, 1.54) is 12.0 Å². The minimum absolute atomic E-state index is 0.491. The van der Waals surface area contributed by atoms with Gasteiger partial charge in [0.05, 0.1) is 6.17 Å². The van der Waals surface area contributed by atoms with Crippen molar-refractivity contribution in [2.45, 2.75) is 18.5 Å². The van der Waals surface area contributed by atoms with Crippen LogP contribution in [0.3, 0.4) is 0 Å². The molecule has 2 heteroatoms. The third-order valence-electron chi connectivity index (χ3n) is 2.75. The molecule has 2 nitrogen and oxygen atoms in total. The molecule has 2 atom stereocenters. The molecular weight excluding hydrogens is 160 g/mol. The highest BCUT2D eigenvalue weighted by Gasteiger charge is 2.23. The van der Waals surface area contributed by atoms with E-state index in [4.69, 9.17) is 0 Å². The lowest BCUT2D eigenvalue weighted by Gasteiger charge is -2.09. The van der Waals surface area contributed by atoms with Crippen LogP contribution in [0.4, 0.5) is 0 Å². The Hall–Kier alpha value is -0.860. The van der Waals surface area contributed by atoms with Crippen LogP contribution in [0.5, 0.6) is 0 Å². The first-order valence-corrected chi connectivity index (χ1v) is 4.86. The SMILES string of the molecule is CN[C@@H]1C[C@H](c2ccccc2)CN1. The van der Waals surface area contributed by atoms with Gasteiger partial charge >= 0.3 is 0 Å². The van der Waals surface area contributed by atoms with Crippen molar-refractivity contribution in [1.82, 2.24) is 10.6 Å². The maximum atomic E-state index is 3.44. The molecule has 0 aromatic heterocycles. The fourth-order valence-electron chi connectivity index (χ4n) is 1.93. The minimum atomic E-state index is 0.491. The third-order valence-corrected chi connectivity index (χ3v) is 2.75. The molecule has 1 fully saturated rings. The van der Waals surface area contributed by atoms with Crippen LogP contribution >= 0.6 is 0 Å². The maximum Gasteiger partial charge on any atom is 0.0575 e. The van der Waals surface area contributed by atoms with Crippen LogP contribution in [-0.4, -0.2) is 19.8 Å². The van der Waals surface area contributed by atoms with Crippen LogP contribution in [0.2, 0.25) is 0 Å². The van der Waals surface area contributed by atoms with Gasteiger partial charge in [-0.05, 0) is 24.9 Å². The topological polar surface area (TPSA) is 24.1 Å². The van der Waals surface area contributed by atoms with Gasteiger partial charge < -0.3 is 10.6 Å². The predicted octanol–water partition coefficient (Wildman–Crippen LogP) is 1.31. The Morgan fingerprint density at radius 1 is 1.31 bits per heavy atom. The molecule has 13 heavy (non-hydrogen) atoms. The fourth-order valence-corrected chi connectivity index (χ4v) is 1.93. The van der Waals surface area contributed by atoms with E-state index in [0.29, 0.717) is 12.1 Å². The summed E-state index contributed by atoms with van der Waals surface area (Å²) in [7, 11) is 2.00. The largest absolute Gasteiger partial charge is 0.305 e. The van der Waals surface area contributed by atoms with Crippen molar-refractivity contribution >= 4 is 0 Å². The van der Waals surface area contributed by atoms with Crippen molar-refractivity contribution < 1.29 is 0 Å². The Morgan fingerprint density at radius 2 is 2.08 bits per heavy atom. The molecule has 2 N–H and O–H groups in total. The normalized spacial score (nSPS) is 27.8. The minimum Gasteiger partial charge on any atom is -0.305 e. The molecule has 1 aliphatic heterocycles. The van der Waals surface area contributed by atoms with E-state index in [9.17, 15) is 0 Å². The van der Waals surface area contributed by atoms with E-state index in [1.54, 1.807) is 0 Å². The van der Waals surface area contributed by atoms with E-state index >= 15 is 0 Å². The maximum absolute atomic E-state index is 3.44. The quantitative estimate of drug-likeness (QED) is 0.710. The van der Waals surface area contributed by atoms with Crippen molar-refractivity contribution in [2.75, 3.05) is 13.6 Å². The Kier molecular flexibility index (Phi) is 2.62. The summed E-state index contributed by atoms with van der Waals surface area (Å²) in [6.07, 6.45) is 1.69. The lowest BCUT2D eigenvalue weighted by atomic mass is 9.98. The molecule has 0 unspecified atom stereocenters. The van der Waals surface area contributed by atoms with Crippen LogP contribution in [0.15, 0.2) is 30.3 Å². The molecule has 1 heterocycles. The van der Waals surface area contributed by atoms with Gasteiger partial charge in [-0.15, -0.1) is 0 Å². The number of hydrogen-bond acceptors (Lipinski definition) is 2. The van der Waals surface area contributed by atoms with Gasteiger partial charge in [0.2, 0.25) is 0 Å². The first-order valence-electron chi connectivity index (χ1n) is 4.86. The number of nitrogens with one attached hydrogen (secondary N) is 2. The standard InChI is InChI=1S/C11H16N2/c1-12-11-7-10(8-13-11)9-5-3-2-4-6-9/h2-6,10-13H,7-8H2,1H3/t10-,11-/m0/s1. The van der Waals surface area contributed by atoms with Crippen molar-refractivity contribution in [1.29, 1.82) is 0 Å². The summed E-state index contributed by atoms with van der Waals surface area (Å²) in [5.74, 6) is 0.679. The third kappa shape index (κ3) is 1.90. The summed E-state index contributed by atoms with van der Waals surface area (Å²) >= 11 is 0. The summed E-state index contributed by atoms with van der Waals surface area (Å²) in [5, 5.41) is 6.70. The average molecular weight is 176 g/mol. The molecule has 0 bridgehead atoms. The van der Waals surface area contributed by atoms with Crippen LogP contribution in [0.25, 0.3) is 0 Å². The number of rotatable bonds is 2. The lowest BCUT2D eigenvalue weighted by molar-refractivity contribution is 0.526. The average Bonchev–Trinajstić information content (AvgIpc) is 2.67. The van der Waals surface area contributed by atoms with Gasteiger partial charge in [0.1, 0.15) is 0 Å². The van der Waals surface area contributed by atoms with Gasteiger partial charge in [0.25, 0.3) is 0 Å². The second-order valence-corrected chi connectivity index (χ2v) is 3.59. The number of hydrogen-bond donors (Lipinski definition) is 2. The second-order valence-electron chi connectivity index (χ2n) is 3.59. The molecule has 1 saturated heterocycles. The zero-order valence-corrected chi connectivity index (χ0v) is 7.96. The van der Waals surface area contributed by atoms with Crippen molar-refractivity contribution in [3.8, 4) is 0 Å². The summed E-state index contributed by atoms with van der Waals surface area (Å²) in [6.45, 7) is 1.09. The Morgan fingerprint density at radius 3 is 2.69 bits per heavy atom. The highest BCUT2D eigenvalue weighted by atomic mass is 15.1. The molecule has 0 spiro atoms. The smallest absolute Gasteiger partial charge is 0.0575 e. The molecule has 70 valence electrons. The summed E-state index contributed by atoms with van der Waals surface area (Å²) < 4.78 is 0. The monoisotopic (exact) mass is 176 g/mol. The van der Waals surface area contributed by atoms with Crippen molar-refractivity contribution in [3.63, 3.8) is 0 Å². The van der Waals surface area contributed by atoms with Crippen LogP contribution in [-0.2, 0) is 0 Å². The summed E-state index contributed by atoms with van der Waals surface area (Å²) in [4.78, 5) is 0. The fraction of sp³-hybridized carbons (Fsp3) is 0.455. The van der Waals surface area contributed by atoms with Crippen LogP contribution < -0.4 is 10.6 Å². The lowest BCUT2D eigenvalue weighted by Crippen LogP contribution is -2.34. The van der Waals surface area contributed by atoms with Gasteiger partial charge in [-0.3, -0.25) is 0 Å². The molecular formula is C11H16N2. The van der Waals surface area contributed by atoms with Gasteiger partial charge in [0, 0.05) is 6.54 Å². The van der Waals surface area contributed by atoms with Crippen LogP contribution in [0, 0.1) is 0 Å². The van der Waals surface area contributed by atoms with Crippen molar-refractivity contribution in [3.05, 3.63) is 35.9 Å². The molecule has 2 rings (SSSR count). The zero-order valence-electron chi connectivity index (χ0n) is 7.96. The zero-order chi connectivity index (χ0) is 9.10. The van der Waals surface area contributed by atoms with E-state index < -0.39 is 0 Å². The Bertz CT molecular complexity index is 258. The van der Waals surface area contributed by atoms with E-state index in [0.717, 1.165) is 6.54 Å². The summed E-state index contributed by atoms with van der Waals surface area (Å²) in [6, 6.07) is 10.7. The molecule has 1 aromatic rings. The van der Waals surface area contributed by atoms with Gasteiger partial charge in [-0.1, -0.05) is 30.3 Å². The molecule has 0 amide bonds. The van der Waals surface area contributed by atoms with Gasteiger partial charge in [-0.25, -0.2) is 0 Å². The van der Waals surface area contributed by atoms with Crippen molar-refractivity contribution in [2.24, 2.45) is 0 Å². The van der Waals surface area contributed by atoms with E-state index in [1.807, 2.05) is 7.05 Å². The first-order chi connectivity index (χ1) is 6.40.